The molecule has 0 spiro atoms. The zero-order chi connectivity index (χ0) is 20.6. The molecule has 0 aromatic rings. The first-order valence-electron chi connectivity index (χ1n) is 10.1. The van der Waals surface area contributed by atoms with Crippen molar-refractivity contribution in [3.63, 3.8) is 0 Å². The molecule has 0 radical (unpaired) electrons. The van der Waals surface area contributed by atoms with Gasteiger partial charge in [0.1, 0.15) is 12.2 Å². The first kappa shape index (κ1) is 22.3. The fourth-order valence-corrected chi connectivity index (χ4v) is 4.15. The Bertz CT molecular complexity index is 494. The lowest BCUT2D eigenvalue weighted by Gasteiger charge is -2.44. The van der Waals surface area contributed by atoms with Crippen molar-refractivity contribution in [3.8, 4) is 0 Å². The van der Waals surface area contributed by atoms with Gasteiger partial charge in [0, 0.05) is 19.3 Å². The molecule has 3 aliphatic heterocycles. The van der Waals surface area contributed by atoms with E-state index in [0.717, 1.165) is 0 Å². The summed E-state index contributed by atoms with van der Waals surface area (Å²) in [6.07, 6.45) is -6.29. The summed E-state index contributed by atoms with van der Waals surface area (Å²) in [7, 11) is 0. The van der Waals surface area contributed by atoms with Crippen molar-refractivity contribution in [3.05, 3.63) is 0 Å². The predicted octanol–water partition coefficient (Wildman–Crippen LogP) is -0.127. The summed E-state index contributed by atoms with van der Waals surface area (Å²) in [4.78, 5) is 0. The molecule has 3 heterocycles. The fourth-order valence-electron chi connectivity index (χ4n) is 4.15. The molecule has 0 unspecified atom stereocenters. The van der Waals surface area contributed by atoms with E-state index in [0.29, 0.717) is 6.42 Å². The van der Waals surface area contributed by atoms with E-state index in [1.54, 1.807) is 20.8 Å². The molecule has 3 fully saturated rings. The van der Waals surface area contributed by atoms with Crippen LogP contribution >= 0.6 is 0 Å². The lowest BCUT2D eigenvalue weighted by Crippen LogP contribution is -2.54. The smallest absolute Gasteiger partial charge is 0.161 e. The second-order valence-corrected chi connectivity index (χ2v) is 8.34. The number of aliphatic hydroxyl groups excluding tert-OH is 4. The maximum atomic E-state index is 10.5. The van der Waals surface area contributed by atoms with E-state index in [1.165, 1.54) is 0 Å². The van der Waals surface area contributed by atoms with Crippen molar-refractivity contribution in [2.24, 2.45) is 5.92 Å². The summed E-state index contributed by atoms with van der Waals surface area (Å²) >= 11 is 0. The van der Waals surface area contributed by atoms with E-state index >= 15 is 0 Å². The maximum absolute atomic E-state index is 10.5. The predicted molar refractivity (Wildman–Crippen MR) is 96.0 cm³/mol. The minimum absolute atomic E-state index is 0.0237. The van der Waals surface area contributed by atoms with Crippen LogP contribution in [0.4, 0.5) is 0 Å². The Morgan fingerprint density at radius 2 is 1.07 bits per heavy atom. The highest BCUT2D eigenvalue weighted by atomic mass is 16.7. The summed E-state index contributed by atoms with van der Waals surface area (Å²) in [5.74, 6) is 0.0237. The minimum atomic E-state index is -1.01. The van der Waals surface area contributed by atoms with Crippen molar-refractivity contribution in [1.29, 1.82) is 0 Å². The molecule has 164 valence electrons. The summed E-state index contributed by atoms with van der Waals surface area (Å²) < 4.78 is 28.6. The first-order chi connectivity index (χ1) is 13.2. The zero-order valence-corrected chi connectivity index (χ0v) is 16.9. The van der Waals surface area contributed by atoms with Crippen LogP contribution in [0.15, 0.2) is 0 Å². The van der Waals surface area contributed by atoms with E-state index in [-0.39, 0.29) is 24.9 Å². The van der Waals surface area contributed by atoms with Crippen LogP contribution in [0.5, 0.6) is 0 Å². The number of hydrogen-bond donors (Lipinski definition) is 4. The van der Waals surface area contributed by atoms with E-state index < -0.39 is 61.6 Å². The van der Waals surface area contributed by atoms with Crippen molar-refractivity contribution in [2.45, 2.75) is 115 Å². The van der Waals surface area contributed by atoms with E-state index in [1.807, 2.05) is 6.92 Å². The van der Waals surface area contributed by atoms with E-state index in [9.17, 15) is 20.4 Å². The minimum Gasteiger partial charge on any atom is -0.390 e. The molecule has 4 N–H and O–H groups in total. The van der Waals surface area contributed by atoms with Crippen molar-refractivity contribution >= 4 is 0 Å². The highest BCUT2D eigenvalue weighted by Crippen LogP contribution is 2.32. The molecule has 3 aliphatic rings. The number of hydrogen-bond acceptors (Lipinski definition) is 9. The number of aliphatic hydroxyl groups is 4. The average Bonchev–Trinajstić information content (AvgIpc) is 2.61. The molecule has 3 rings (SSSR count). The molecule has 0 amide bonds. The molecular weight excluding hydrogens is 372 g/mol. The topological polar surface area (TPSA) is 127 Å². The highest BCUT2D eigenvalue weighted by molar-refractivity contribution is 4.86. The Labute approximate surface area is 165 Å². The third-order valence-electron chi connectivity index (χ3n) is 5.97. The monoisotopic (exact) mass is 406 g/mol. The quantitative estimate of drug-likeness (QED) is 0.505. The molecule has 9 nitrogen and oxygen atoms in total. The van der Waals surface area contributed by atoms with Crippen LogP contribution in [0, 0.1) is 5.92 Å². The average molecular weight is 406 g/mol. The lowest BCUT2D eigenvalue weighted by atomic mass is 9.94. The molecule has 0 aromatic heterocycles. The summed E-state index contributed by atoms with van der Waals surface area (Å²) in [5, 5.41) is 40.6. The SMILES string of the molecule is C[C@H]1C[C@H](O[C@@H]2C[C@H](O[C@@H]3C[C@H](O)O[C@H](C)[C@H]3O)O[C@H](C)[C@H]2O)O[C@H](C)[C@H]1O. The molecule has 12 atom stereocenters. The van der Waals surface area contributed by atoms with Gasteiger partial charge < -0.3 is 44.1 Å². The lowest BCUT2D eigenvalue weighted by molar-refractivity contribution is -0.323. The normalized spacial score (nSPS) is 53.1. The van der Waals surface area contributed by atoms with Gasteiger partial charge in [-0.05, 0) is 26.7 Å². The number of rotatable bonds is 4. The van der Waals surface area contributed by atoms with Gasteiger partial charge in [-0.3, -0.25) is 0 Å². The Hall–Kier alpha value is -0.360. The summed E-state index contributed by atoms with van der Waals surface area (Å²) in [6.45, 7) is 7.13. The summed E-state index contributed by atoms with van der Waals surface area (Å²) in [6, 6.07) is 0. The molecular formula is C19H34O9. The van der Waals surface area contributed by atoms with Gasteiger partial charge >= 0.3 is 0 Å². The molecule has 0 aliphatic carbocycles. The van der Waals surface area contributed by atoms with Crippen LogP contribution in [0.2, 0.25) is 0 Å². The Morgan fingerprint density at radius 3 is 1.64 bits per heavy atom. The van der Waals surface area contributed by atoms with Gasteiger partial charge in [0.25, 0.3) is 0 Å². The fraction of sp³-hybridized carbons (Fsp3) is 1.00. The molecule has 3 saturated heterocycles. The largest absolute Gasteiger partial charge is 0.390 e. The first-order valence-corrected chi connectivity index (χ1v) is 10.1. The highest BCUT2D eigenvalue weighted by Gasteiger charge is 2.43. The zero-order valence-electron chi connectivity index (χ0n) is 16.9. The van der Waals surface area contributed by atoms with Crippen LogP contribution in [0.25, 0.3) is 0 Å². The van der Waals surface area contributed by atoms with Crippen LogP contribution in [0.3, 0.4) is 0 Å². The van der Waals surface area contributed by atoms with Crippen molar-refractivity contribution < 1.29 is 44.1 Å². The molecule has 0 aromatic carbocycles. The van der Waals surface area contributed by atoms with E-state index in [2.05, 4.69) is 0 Å². The Kier molecular flexibility index (Phi) is 7.33. The second kappa shape index (κ2) is 9.20. The van der Waals surface area contributed by atoms with Gasteiger partial charge in [-0.2, -0.15) is 0 Å². The standard InChI is InChI=1S/C19H34O9/c1-8-5-15(25-9(2)17(8)21)28-13-7-16(26-11(4)19(13)23)27-12-6-14(20)24-10(3)18(12)22/h8-23H,5-7H2,1-4H3/t8-,9+,10+,11+,12+,13+,14+,15-,16-,17-,18+,19+/m0/s1. The number of ether oxygens (including phenoxy) is 5. The van der Waals surface area contributed by atoms with Crippen LogP contribution in [-0.2, 0) is 23.7 Å². The van der Waals surface area contributed by atoms with Crippen molar-refractivity contribution in [1.82, 2.24) is 0 Å². The van der Waals surface area contributed by atoms with Crippen LogP contribution < -0.4 is 0 Å². The van der Waals surface area contributed by atoms with Gasteiger partial charge in [0.2, 0.25) is 0 Å². The van der Waals surface area contributed by atoms with Gasteiger partial charge in [0.05, 0.1) is 36.6 Å². The molecule has 28 heavy (non-hydrogen) atoms. The third kappa shape index (κ3) is 5.03. The summed E-state index contributed by atoms with van der Waals surface area (Å²) in [5.41, 5.74) is 0. The van der Waals surface area contributed by atoms with Gasteiger partial charge in [-0.25, -0.2) is 0 Å². The van der Waals surface area contributed by atoms with Crippen LogP contribution in [0.1, 0.15) is 47.0 Å². The van der Waals surface area contributed by atoms with Gasteiger partial charge in [-0.1, -0.05) is 6.92 Å². The van der Waals surface area contributed by atoms with Gasteiger partial charge in [-0.15, -0.1) is 0 Å². The third-order valence-corrected chi connectivity index (χ3v) is 5.97. The Balaban J connectivity index is 1.60. The van der Waals surface area contributed by atoms with Crippen molar-refractivity contribution in [2.75, 3.05) is 0 Å². The van der Waals surface area contributed by atoms with Gasteiger partial charge in [0.15, 0.2) is 18.9 Å². The molecule has 0 saturated carbocycles. The molecule has 0 bridgehead atoms. The van der Waals surface area contributed by atoms with Crippen LogP contribution in [-0.4, -0.2) is 88.1 Å². The Morgan fingerprint density at radius 1 is 0.607 bits per heavy atom. The molecule has 9 heteroatoms. The maximum Gasteiger partial charge on any atom is 0.161 e. The van der Waals surface area contributed by atoms with E-state index in [4.69, 9.17) is 23.7 Å². The second-order valence-electron chi connectivity index (χ2n) is 8.34.